The molecule has 0 radical (unpaired) electrons. The molecule has 1 aliphatic rings. The summed E-state index contributed by atoms with van der Waals surface area (Å²) >= 11 is 0. The van der Waals surface area contributed by atoms with Crippen molar-refractivity contribution in [2.75, 3.05) is 11.9 Å². The molecule has 3 nitrogen and oxygen atoms in total. The normalized spacial score (nSPS) is 15.1. The molecule has 1 amide bonds. The Balaban J connectivity index is 2.55. The summed E-state index contributed by atoms with van der Waals surface area (Å²) in [6, 6.07) is 4.01. The van der Waals surface area contributed by atoms with E-state index in [0.29, 0.717) is 0 Å². The maximum Gasteiger partial charge on any atom is 0.262 e. The van der Waals surface area contributed by atoms with E-state index in [4.69, 9.17) is 4.74 Å². The van der Waals surface area contributed by atoms with Gasteiger partial charge in [-0.25, -0.2) is 0 Å². The average molecular weight is 219 g/mol. The van der Waals surface area contributed by atoms with Gasteiger partial charge >= 0.3 is 0 Å². The molecule has 0 atom stereocenters. The summed E-state index contributed by atoms with van der Waals surface area (Å²) < 4.78 is 5.37. The molecule has 1 heterocycles. The van der Waals surface area contributed by atoms with Crippen LogP contribution in [0.3, 0.4) is 0 Å². The van der Waals surface area contributed by atoms with Gasteiger partial charge in [-0.1, -0.05) is 26.8 Å². The number of ether oxygens (including phenoxy) is 1. The van der Waals surface area contributed by atoms with Crippen molar-refractivity contribution in [1.29, 1.82) is 0 Å². The lowest BCUT2D eigenvalue weighted by Gasteiger charge is -2.27. The van der Waals surface area contributed by atoms with Gasteiger partial charge < -0.3 is 10.1 Å². The Morgan fingerprint density at radius 3 is 2.62 bits per heavy atom. The van der Waals surface area contributed by atoms with Crippen molar-refractivity contribution in [1.82, 2.24) is 0 Å². The molecule has 3 heteroatoms. The highest BCUT2D eigenvalue weighted by Crippen LogP contribution is 2.37. The second kappa shape index (κ2) is 3.51. The number of rotatable bonds is 0. The molecule has 0 aliphatic carbocycles. The summed E-state index contributed by atoms with van der Waals surface area (Å²) in [6.07, 6.45) is 0. The summed E-state index contributed by atoms with van der Waals surface area (Å²) in [7, 11) is 0. The molecule has 0 spiro atoms. The quantitative estimate of drug-likeness (QED) is 0.728. The number of carbonyl (C=O) groups excluding carboxylic acids is 1. The molecule has 1 aromatic carbocycles. The number of carbonyl (C=O) groups is 1. The van der Waals surface area contributed by atoms with Crippen LogP contribution in [0.1, 0.15) is 31.9 Å². The van der Waals surface area contributed by atoms with Crippen LogP contribution in [0.2, 0.25) is 0 Å². The number of hydrogen-bond donors (Lipinski definition) is 1. The van der Waals surface area contributed by atoms with Crippen LogP contribution in [-0.2, 0) is 10.2 Å². The predicted octanol–water partition coefficient (Wildman–Crippen LogP) is 2.62. The van der Waals surface area contributed by atoms with E-state index in [2.05, 4.69) is 32.2 Å². The summed E-state index contributed by atoms with van der Waals surface area (Å²) in [5.41, 5.74) is 3.22. The molecule has 0 bridgehead atoms. The van der Waals surface area contributed by atoms with E-state index in [-0.39, 0.29) is 17.9 Å². The first-order valence-corrected chi connectivity index (χ1v) is 5.46. The van der Waals surface area contributed by atoms with Gasteiger partial charge in [-0.15, -0.1) is 0 Å². The van der Waals surface area contributed by atoms with Crippen molar-refractivity contribution in [2.45, 2.75) is 33.1 Å². The minimum atomic E-state index is -0.0818. The molecular weight excluding hydrogens is 202 g/mol. The number of benzene rings is 1. The van der Waals surface area contributed by atoms with Gasteiger partial charge in [0.05, 0.1) is 5.69 Å². The summed E-state index contributed by atoms with van der Waals surface area (Å²) in [4.78, 5) is 11.3. The SMILES string of the molecule is Cc1c(C(C)(C)C)ccc2c1NC(=O)CO2. The minimum Gasteiger partial charge on any atom is -0.482 e. The van der Waals surface area contributed by atoms with Crippen molar-refractivity contribution in [2.24, 2.45) is 0 Å². The molecule has 0 fully saturated rings. The zero-order valence-electron chi connectivity index (χ0n) is 10.2. The van der Waals surface area contributed by atoms with Crippen LogP contribution < -0.4 is 10.1 Å². The van der Waals surface area contributed by atoms with E-state index in [1.807, 2.05) is 13.0 Å². The predicted molar refractivity (Wildman–Crippen MR) is 64.0 cm³/mol. The number of fused-ring (bicyclic) bond motifs is 1. The Morgan fingerprint density at radius 2 is 2.00 bits per heavy atom. The fourth-order valence-electron chi connectivity index (χ4n) is 2.09. The third kappa shape index (κ3) is 1.77. The minimum absolute atomic E-state index is 0.0707. The highest BCUT2D eigenvalue weighted by Gasteiger charge is 2.23. The van der Waals surface area contributed by atoms with Crippen LogP contribution in [-0.4, -0.2) is 12.5 Å². The molecule has 0 saturated heterocycles. The van der Waals surface area contributed by atoms with Crippen molar-refractivity contribution < 1.29 is 9.53 Å². The van der Waals surface area contributed by atoms with E-state index >= 15 is 0 Å². The Labute approximate surface area is 95.8 Å². The average Bonchev–Trinajstić information content (AvgIpc) is 2.17. The largest absolute Gasteiger partial charge is 0.482 e. The molecule has 0 unspecified atom stereocenters. The Kier molecular flexibility index (Phi) is 2.41. The van der Waals surface area contributed by atoms with Crippen LogP contribution in [0.25, 0.3) is 0 Å². The molecule has 1 aliphatic heterocycles. The number of nitrogens with one attached hydrogen (secondary N) is 1. The lowest BCUT2D eigenvalue weighted by Crippen LogP contribution is -2.27. The topological polar surface area (TPSA) is 38.3 Å². The molecule has 86 valence electrons. The van der Waals surface area contributed by atoms with Crippen LogP contribution in [0.15, 0.2) is 12.1 Å². The molecule has 0 saturated carbocycles. The van der Waals surface area contributed by atoms with Gasteiger partial charge in [0.25, 0.3) is 5.91 Å². The first-order valence-electron chi connectivity index (χ1n) is 5.46. The second-order valence-corrected chi connectivity index (χ2v) is 5.20. The Bertz CT molecular complexity index is 444. The van der Waals surface area contributed by atoms with Crippen LogP contribution in [0, 0.1) is 6.92 Å². The van der Waals surface area contributed by atoms with E-state index in [9.17, 15) is 4.79 Å². The van der Waals surface area contributed by atoms with Crippen molar-refractivity contribution in [3.05, 3.63) is 23.3 Å². The van der Waals surface area contributed by atoms with E-state index in [0.717, 1.165) is 17.0 Å². The molecule has 1 N–H and O–H groups in total. The lowest BCUT2D eigenvalue weighted by atomic mass is 9.83. The lowest BCUT2D eigenvalue weighted by molar-refractivity contribution is -0.118. The summed E-state index contributed by atoms with van der Waals surface area (Å²) in [5, 5.41) is 2.88. The van der Waals surface area contributed by atoms with Gasteiger partial charge in [-0.05, 0) is 29.5 Å². The van der Waals surface area contributed by atoms with Gasteiger partial charge in [-0.3, -0.25) is 4.79 Å². The highest BCUT2D eigenvalue weighted by molar-refractivity contribution is 5.96. The number of anilines is 1. The smallest absolute Gasteiger partial charge is 0.262 e. The maximum atomic E-state index is 11.3. The van der Waals surface area contributed by atoms with Crippen LogP contribution in [0.5, 0.6) is 5.75 Å². The monoisotopic (exact) mass is 219 g/mol. The van der Waals surface area contributed by atoms with Crippen molar-refractivity contribution in [3.8, 4) is 5.75 Å². The van der Waals surface area contributed by atoms with Gasteiger partial charge in [0.15, 0.2) is 6.61 Å². The third-order valence-corrected chi connectivity index (χ3v) is 2.86. The van der Waals surface area contributed by atoms with Gasteiger partial charge in [0, 0.05) is 0 Å². The fraction of sp³-hybridized carbons (Fsp3) is 0.462. The summed E-state index contributed by atoms with van der Waals surface area (Å²) in [5.74, 6) is 0.687. The zero-order valence-corrected chi connectivity index (χ0v) is 10.2. The standard InChI is InChI=1S/C13H17NO2/c1-8-9(13(2,3)4)5-6-10-12(8)14-11(15)7-16-10/h5-6H,7H2,1-4H3,(H,14,15). The van der Waals surface area contributed by atoms with Gasteiger partial charge in [0.2, 0.25) is 0 Å². The Morgan fingerprint density at radius 1 is 1.31 bits per heavy atom. The van der Waals surface area contributed by atoms with Gasteiger partial charge in [-0.2, -0.15) is 0 Å². The van der Waals surface area contributed by atoms with Gasteiger partial charge in [0.1, 0.15) is 5.75 Å². The number of amides is 1. The molecule has 2 rings (SSSR count). The van der Waals surface area contributed by atoms with Crippen molar-refractivity contribution >= 4 is 11.6 Å². The molecule has 0 aromatic heterocycles. The van der Waals surface area contributed by atoms with Crippen molar-refractivity contribution in [3.63, 3.8) is 0 Å². The second-order valence-electron chi connectivity index (χ2n) is 5.20. The fourth-order valence-corrected chi connectivity index (χ4v) is 2.09. The highest BCUT2D eigenvalue weighted by atomic mass is 16.5. The zero-order chi connectivity index (χ0) is 11.9. The van der Waals surface area contributed by atoms with E-state index in [1.165, 1.54) is 5.56 Å². The van der Waals surface area contributed by atoms with E-state index < -0.39 is 0 Å². The molecule has 1 aromatic rings. The van der Waals surface area contributed by atoms with E-state index in [1.54, 1.807) is 0 Å². The first-order chi connectivity index (χ1) is 7.39. The third-order valence-electron chi connectivity index (χ3n) is 2.86. The summed E-state index contributed by atoms with van der Waals surface area (Å²) in [6.45, 7) is 8.61. The number of hydrogen-bond acceptors (Lipinski definition) is 2. The van der Waals surface area contributed by atoms with Crippen LogP contribution in [0.4, 0.5) is 5.69 Å². The molecule has 16 heavy (non-hydrogen) atoms. The first kappa shape index (κ1) is 11.0. The molecular formula is C13H17NO2. The maximum absolute atomic E-state index is 11.3. The van der Waals surface area contributed by atoms with Crippen LogP contribution >= 0.6 is 0 Å². The Hall–Kier alpha value is -1.51.